The Bertz CT molecular complexity index is 30.6. The Hall–Kier alpha value is 0.330. The molecule has 0 rings (SSSR count). The number of hydrogen-bond acceptors (Lipinski definition) is 1. The van der Waals surface area contributed by atoms with Gasteiger partial charge in [0, 0.05) is 0 Å². The number of rotatable bonds is 0. The first-order valence-corrected chi connectivity index (χ1v) is 1.55. The van der Waals surface area contributed by atoms with Crippen LogP contribution in [-0.4, -0.2) is 9.92 Å². The molecular formula is CH4O2S2. The van der Waals surface area contributed by atoms with E-state index >= 15 is 0 Å². The molecule has 0 aromatic rings. The molecule has 4 heteroatoms. The monoisotopic (exact) mass is 112 g/mol. The summed E-state index contributed by atoms with van der Waals surface area (Å²) in [6.07, 6.45) is 0. The van der Waals surface area contributed by atoms with Crippen LogP contribution in [0.3, 0.4) is 0 Å². The van der Waals surface area contributed by atoms with E-state index in [1.165, 1.54) is 0 Å². The minimum absolute atomic E-state index is 0. The van der Waals surface area contributed by atoms with Crippen LogP contribution in [-0.2, 0) is 0 Å². The maximum atomic E-state index is 9.17. The van der Waals surface area contributed by atoms with Crippen LogP contribution in [0.4, 0.5) is 4.79 Å². The van der Waals surface area contributed by atoms with Crippen molar-refractivity contribution >= 4 is 29.7 Å². The molecule has 0 saturated heterocycles. The number of carbonyl (C=O) groups is 1. The van der Waals surface area contributed by atoms with E-state index < -0.39 is 4.45 Å². The quantitative estimate of drug-likeness (QED) is 0.430. The molecule has 2 nitrogen and oxygen atoms in total. The average molecular weight is 112 g/mol. The van der Waals surface area contributed by atoms with E-state index in [2.05, 4.69) is 25.3 Å². The maximum Gasteiger partial charge on any atom is 0.239 e. The van der Waals surface area contributed by atoms with Gasteiger partial charge in [0.25, 0.3) is 0 Å². The first-order valence-electron chi connectivity index (χ1n) is 0.651. The molecule has 0 spiro atoms. The van der Waals surface area contributed by atoms with Gasteiger partial charge in [0.05, 0.1) is 0 Å². The van der Waals surface area contributed by atoms with Crippen molar-refractivity contribution in [3.8, 4) is 0 Å². The molecule has 0 aliphatic heterocycles. The van der Waals surface area contributed by atoms with Crippen LogP contribution in [0.1, 0.15) is 0 Å². The highest BCUT2D eigenvalue weighted by Gasteiger charge is 1.65. The summed E-state index contributed by atoms with van der Waals surface area (Å²) in [7, 11) is 0. The van der Waals surface area contributed by atoms with E-state index in [4.69, 9.17) is 0 Å². The second kappa shape index (κ2) is 4.33. The maximum absolute atomic E-state index is 9.17. The van der Waals surface area contributed by atoms with Crippen LogP contribution in [0, 0.1) is 0 Å². The molecule has 0 fully saturated rings. The van der Waals surface area contributed by atoms with Crippen molar-refractivity contribution in [1.82, 2.24) is 0 Å². The third kappa shape index (κ3) is 216. The minimum Gasteiger partial charge on any atom is -0.412 e. The van der Waals surface area contributed by atoms with Crippen molar-refractivity contribution in [2.24, 2.45) is 0 Å². The summed E-state index contributed by atoms with van der Waals surface area (Å²) in [5, 5.41) is 0. The average Bonchev–Trinajstić information content (AvgIpc) is 0.811. The highest BCUT2D eigenvalue weighted by Crippen LogP contribution is 1.81. The number of hydrogen-bond donors (Lipinski definition) is 2. The van der Waals surface area contributed by atoms with Crippen molar-refractivity contribution in [2.75, 3.05) is 0 Å². The molecule has 0 bridgehead atoms. The molecule has 0 atom stereocenters. The van der Waals surface area contributed by atoms with Crippen LogP contribution in [0.15, 0.2) is 0 Å². The fourth-order valence-electron chi connectivity index (χ4n) is 0. The van der Waals surface area contributed by atoms with E-state index in [0.717, 1.165) is 0 Å². The zero-order valence-corrected chi connectivity index (χ0v) is 4.09. The molecule has 0 aliphatic carbocycles. The normalized spacial score (nSPS) is 5.20. The zero-order chi connectivity index (χ0) is 3.58. The standard InChI is InChI=1S/CH2OS2.H2O/c2-1(3)4;/h(H2,2,3,4);1H2. The summed E-state index contributed by atoms with van der Waals surface area (Å²) in [4.78, 5) is 9.17. The molecule has 0 aromatic heterocycles. The van der Waals surface area contributed by atoms with Crippen LogP contribution >= 0.6 is 25.3 Å². The molecule has 0 amide bonds. The smallest absolute Gasteiger partial charge is 0.239 e. The summed E-state index contributed by atoms with van der Waals surface area (Å²) < 4.78 is -0.444. The van der Waals surface area contributed by atoms with Crippen molar-refractivity contribution < 1.29 is 10.3 Å². The van der Waals surface area contributed by atoms with Gasteiger partial charge >= 0.3 is 0 Å². The second-order valence-corrected chi connectivity index (χ2v) is 1.45. The van der Waals surface area contributed by atoms with Gasteiger partial charge < -0.3 is 5.48 Å². The highest BCUT2D eigenvalue weighted by molar-refractivity contribution is 8.23. The molecule has 32 valence electrons. The van der Waals surface area contributed by atoms with Gasteiger partial charge in [0.2, 0.25) is 4.45 Å². The molecule has 0 saturated carbocycles. The summed E-state index contributed by atoms with van der Waals surface area (Å²) in [6.45, 7) is 0. The van der Waals surface area contributed by atoms with Gasteiger partial charge in [-0.2, -0.15) is 0 Å². The fraction of sp³-hybridized carbons (Fsp3) is 0. The van der Waals surface area contributed by atoms with Gasteiger partial charge in [0.1, 0.15) is 0 Å². The van der Waals surface area contributed by atoms with Gasteiger partial charge in [-0.25, -0.2) is 0 Å². The van der Waals surface area contributed by atoms with E-state index in [1.54, 1.807) is 0 Å². The number of thiol groups is 2. The summed E-state index contributed by atoms with van der Waals surface area (Å²) >= 11 is 6.38. The van der Waals surface area contributed by atoms with Crippen LogP contribution in [0.25, 0.3) is 0 Å². The Morgan fingerprint density at radius 2 is 1.40 bits per heavy atom. The summed E-state index contributed by atoms with van der Waals surface area (Å²) in [6, 6.07) is 0. The molecule has 0 radical (unpaired) electrons. The Morgan fingerprint density at radius 1 is 1.40 bits per heavy atom. The Kier molecular flexibility index (Phi) is 7.80. The predicted molar refractivity (Wildman–Crippen MR) is 27.0 cm³/mol. The third-order valence-electron chi connectivity index (χ3n) is 0. The first kappa shape index (κ1) is 9.01. The van der Waals surface area contributed by atoms with Gasteiger partial charge in [-0.05, 0) is 0 Å². The third-order valence-corrected chi connectivity index (χ3v) is 0. The molecule has 0 aliphatic rings. The number of carbonyl (C=O) groups excluding carboxylic acids is 1. The molecule has 0 aromatic carbocycles. The first-order chi connectivity index (χ1) is 1.73. The van der Waals surface area contributed by atoms with Crippen molar-refractivity contribution in [3.05, 3.63) is 0 Å². The highest BCUT2D eigenvalue weighted by atomic mass is 32.2. The van der Waals surface area contributed by atoms with Gasteiger partial charge in [-0.3, -0.25) is 4.79 Å². The summed E-state index contributed by atoms with van der Waals surface area (Å²) in [5.41, 5.74) is 0. The Morgan fingerprint density at radius 3 is 1.40 bits per heavy atom. The lowest BCUT2D eigenvalue weighted by Crippen LogP contribution is -1.47. The van der Waals surface area contributed by atoms with E-state index in [-0.39, 0.29) is 5.48 Å². The minimum atomic E-state index is -0.444. The van der Waals surface area contributed by atoms with E-state index in [9.17, 15) is 4.79 Å². The lowest BCUT2D eigenvalue weighted by molar-refractivity contribution is 0.277. The SMILES string of the molecule is O.O=C(S)S. The zero-order valence-electron chi connectivity index (χ0n) is 2.30. The van der Waals surface area contributed by atoms with Crippen molar-refractivity contribution in [1.29, 1.82) is 0 Å². The van der Waals surface area contributed by atoms with E-state index in [0.29, 0.717) is 0 Å². The van der Waals surface area contributed by atoms with Crippen LogP contribution < -0.4 is 0 Å². The van der Waals surface area contributed by atoms with Crippen molar-refractivity contribution in [2.45, 2.75) is 0 Å². The molecule has 0 unspecified atom stereocenters. The van der Waals surface area contributed by atoms with Crippen LogP contribution in [0.2, 0.25) is 0 Å². The molecule has 0 heterocycles. The lowest BCUT2D eigenvalue weighted by Gasteiger charge is -1.54. The lowest BCUT2D eigenvalue weighted by atomic mass is 11.8. The predicted octanol–water partition coefficient (Wildman–Crippen LogP) is 0.141. The molecular weight excluding hydrogens is 108 g/mol. The summed E-state index contributed by atoms with van der Waals surface area (Å²) in [5.74, 6) is 0. The van der Waals surface area contributed by atoms with Gasteiger partial charge in [-0.1, -0.05) is 25.3 Å². The van der Waals surface area contributed by atoms with Gasteiger partial charge in [0.15, 0.2) is 0 Å². The largest absolute Gasteiger partial charge is 0.412 e. The molecule has 2 N–H and O–H groups in total. The van der Waals surface area contributed by atoms with Gasteiger partial charge in [-0.15, -0.1) is 0 Å². The second-order valence-electron chi connectivity index (χ2n) is 0.283. The fourth-order valence-corrected chi connectivity index (χ4v) is 0. The van der Waals surface area contributed by atoms with Crippen molar-refractivity contribution in [3.63, 3.8) is 0 Å². The Balaban J connectivity index is 0. The van der Waals surface area contributed by atoms with E-state index in [1.807, 2.05) is 0 Å². The molecule has 5 heavy (non-hydrogen) atoms. The topological polar surface area (TPSA) is 48.6 Å². The van der Waals surface area contributed by atoms with Crippen LogP contribution in [0.5, 0.6) is 0 Å². The Labute approximate surface area is 40.7 Å².